The van der Waals surface area contributed by atoms with Gasteiger partial charge in [-0.2, -0.15) is 26.3 Å². The van der Waals surface area contributed by atoms with Gasteiger partial charge in [0.2, 0.25) is 0 Å². The molecule has 0 aromatic rings. The molecular formula is C20H26F8O6. The van der Waals surface area contributed by atoms with E-state index in [-0.39, 0.29) is 0 Å². The summed E-state index contributed by atoms with van der Waals surface area (Å²) in [4.78, 5) is 36.6. The number of halogens is 8. The van der Waals surface area contributed by atoms with Gasteiger partial charge in [-0.1, -0.05) is 6.58 Å². The van der Waals surface area contributed by atoms with E-state index in [2.05, 4.69) is 11.3 Å². The lowest BCUT2D eigenvalue weighted by Gasteiger charge is -2.32. The number of ether oxygens (including phenoxy) is 3. The molecule has 0 N–H and O–H groups in total. The molecule has 0 saturated carbocycles. The van der Waals surface area contributed by atoms with E-state index in [1.165, 1.54) is 41.5 Å². The zero-order chi connectivity index (χ0) is 27.5. The molecule has 0 aromatic carbocycles. The van der Waals surface area contributed by atoms with Gasteiger partial charge in [0.1, 0.15) is 11.2 Å². The van der Waals surface area contributed by atoms with E-state index < -0.39 is 77.8 Å². The maximum Gasteiger partial charge on any atom is 0.381 e. The number of alkyl halides is 8. The Labute approximate surface area is 190 Å². The summed E-state index contributed by atoms with van der Waals surface area (Å²) in [5.74, 6) is -25.2. The third-order valence-corrected chi connectivity index (χ3v) is 3.70. The van der Waals surface area contributed by atoms with Crippen LogP contribution in [0.3, 0.4) is 0 Å². The summed E-state index contributed by atoms with van der Waals surface area (Å²) in [7, 11) is 0. The third-order valence-electron chi connectivity index (χ3n) is 3.70. The fourth-order valence-corrected chi connectivity index (χ4v) is 2.13. The molecule has 0 heterocycles. The second kappa shape index (κ2) is 10.5. The quantitative estimate of drug-likeness (QED) is 0.178. The Kier molecular flexibility index (Phi) is 9.72. The van der Waals surface area contributed by atoms with Crippen molar-refractivity contribution >= 4 is 17.9 Å². The lowest BCUT2D eigenvalue weighted by Crippen LogP contribution is -2.59. The highest BCUT2D eigenvalue weighted by atomic mass is 19.4. The van der Waals surface area contributed by atoms with Crippen LogP contribution in [0.5, 0.6) is 0 Å². The van der Waals surface area contributed by atoms with Crippen LogP contribution in [0, 0.1) is 5.92 Å². The van der Waals surface area contributed by atoms with Gasteiger partial charge >= 0.3 is 42.1 Å². The molecule has 0 aromatic heterocycles. The Balaban J connectivity index is 5.70. The fourth-order valence-electron chi connectivity index (χ4n) is 2.13. The van der Waals surface area contributed by atoms with Gasteiger partial charge in [0.25, 0.3) is 0 Å². The van der Waals surface area contributed by atoms with Gasteiger partial charge in [-0.25, -0.2) is 13.6 Å². The van der Waals surface area contributed by atoms with E-state index >= 15 is 0 Å². The third kappa shape index (κ3) is 8.42. The molecule has 0 aliphatic carbocycles. The maximum absolute atomic E-state index is 13.6. The van der Waals surface area contributed by atoms with Gasteiger partial charge < -0.3 is 14.2 Å². The molecule has 0 aliphatic rings. The summed E-state index contributed by atoms with van der Waals surface area (Å²) in [6.07, 6.45) is -6.06. The molecule has 0 spiro atoms. The molecule has 1 atom stereocenters. The minimum absolute atomic E-state index is 0.907. The average Bonchev–Trinajstić information content (AvgIpc) is 2.60. The molecule has 0 amide bonds. The first kappa shape index (κ1) is 31.6. The number of hydrogen-bond acceptors (Lipinski definition) is 6. The Morgan fingerprint density at radius 3 is 1.65 bits per heavy atom. The van der Waals surface area contributed by atoms with Crippen LogP contribution in [-0.2, 0) is 28.6 Å². The minimum Gasteiger partial charge on any atom is -0.460 e. The predicted molar refractivity (Wildman–Crippen MR) is 101 cm³/mol. The standard InChI is InChI=1S/C20H26F8O6/c1-10(11(14(31)34-17(5,6)7)8-12(29)33-16(2,3)4)13(30)32-9-18(23,24)20(27,28)19(25,26)15(21)22/h11,15H,1,8-9H2,2-7H3. The fraction of sp³-hybridized carbons (Fsp3) is 0.750. The van der Waals surface area contributed by atoms with Crippen molar-refractivity contribution in [3.63, 3.8) is 0 Å². The molecule has 0 radical (unpaired) electrons. The van der Waals surface area contributed by atoms with Crippen LogP contribution in [0.25, 0.3) is 0 Å². The van der Waals surface area contributed by atoms with Crippen LogP contribution >= 0.6 is 0 Å². The van der Waals surface area contributed by atoms with Crippen molar-refractivity contribution in [2.24, 2.45) is 5.92 Å². The van der Waals surface area contributed by atoms with Crippen LogP contribution in [0.4, 0.5) is 35.1 Å². The smallest absolute Gasteiger partial charge is 0.381 e. The van der Waals surface area contributed by atoms with Crippen LogP contribution < -0.4 is 0 Å². The molecule has 0 saturated heterocycles. The van der Waals surface area contributed by atoms with Crippen LogP contribution in [0.1, 0.15) is 48.0 Å². The van der Waals surface area contributed by atoms with Crippen molar-refractivity contribution in [2.75, 3.05) is 6.61 Å². The average molecular weight is 514 g/mol. The van der Waals surface area contributed by atoms with E-state index in [0.717, 1.165) is 0 Å². The largest absolute Gasteiger partial charge is 0.460 e. The zero-order valence-electron chi connectivity index (χ0n) is 19.2. The monoisotopic (exact) mass is 514 g/mol. The van der Waals surface area contributed by atoms with E-state index in [9.17, 15) is 49.5 Å². The van der Waals surface area contributed by atoms with Crippen molar-refractivity contribution in [1.29, 1.82) is 0 Å². The normalized spacial score (nSPS) is 14.4. The van der Waals surface area contributed by atoms with Gasteiger partial charge in [0.15, 0.2) is 6.61 Å². The molecule has 0 bridgehead atoms. The Hall–Kier alpha value is -2.41. The summed E-state index contributed by atoms with van der Waals surface area (Å²) in [6, 6.07) is 0. The van der Waals surface area contributed by atoms with E-state index in [1.54, 1.807) is 0 Å². The first-order chi connectivity index (χ1) is 14.9. The molecule has 0 aliphatic heterocycles. The van der Waals surface area contributed by atoms with Gasteiger partial charge in [-0.3, -0.25) is 9.59 Å². The first-order valence-electron chi connectivity index (χ1n) is 9.58. The lowest BCUT2D eigenvalue weighted by atomic mass is 9.96. The highest BCUT2D eigenvalue weighted by Gasteiger charge is 2.75. The number of carbonyl (C=O) groups is 3. The molecule has 1 unspecified atom stereocenters. The second-order valence-electron chi connectivity index (χ2n) is 9.18. The maximum atomic E-state index is 13.6. The van der Waals surface area contributed by atoms with Gasteiger partial charge in [-0.15, -0.1) is 0 Å². The van der Waals surface area contributed by atoms with Gasteiger partial charge in [-0.05, 0) is 41.5 Å². The molecule has 6 nitrogen and oxygen atoms in total. The first-order valence-corrected chi connectivity index (χ1v) is 9.58. The second-order valence-corrected chi connectivity index (χ2v) is 9.18. The number of esters is 3. The number of carbonyl (C=O) groups excluding carboxylic acids is 3. The summed E-state index contributed by atoms with van der Waals surface area (Å²) in [5, 5.41) is 0. The Morgan fingerprint density at radius 1 is 0.824 bits per heavy atom. The molecule has 34 heavy (non-hydrogen) atoms. The molecule has 198 valence electrons. The highest BCUT2D eigenvalue weighted by Crippen LogP contribution is 2.48. The summed E-state index contributed by atoms with van der Waals surface area (Å²) in [6.45, 7) is 8.97. The van der Waals surface area contributed by atoms with E-state index in [1.807, 2.05) is 0 Å². The molecule has 14 heteroatoms. The number of hydrogen-bond donors (Lipinski definition) is 0. The number of rotatable bonds is 10. The van der Waals surface area contributed by atoms with Crippen LogP contribution in [-0.4, -0.2) is 59.9 Å². The summed E-state index contributed by atoms with van der Waals surface area (Å²) >= 11 is 0. The summed E-state index contributed by atoms with van der Waals surface area (Å²) < 4.78 is 118. The lowest BCUT2D eigenvalue weighted by molar-refractivity contribution is -0.344. The Morgan fingerprint density at radius 2 is 1.26 bits per heavy atom. The van der Waals surface area contributed by atoms with E-state index in [0.29, 0.717) is 0 Å². The van der Waals surface area contributed by atoms with E-state index in [4.69, 9.17) is 9.47 Å². The van der Waals surface area contributed by atoms with Gasteiger partial charge in [0.05, 0.1) is 12.3 Å². The highest BCUT2D eigenvalue weighted by molar-refractivity contribution is 5.96. The molecular weight excluding hydrogens is 488 g/mol. The predicted octanol–water partition coefficient (Wildman–Crippen LogP) is 4.95. The van der Waals surface area contributed by atoms with Crippen LogP contribution in [0.2, 0.25) is 0 Å². The van der Waals surface area contributed by atoms with Crippen molar-refractivity contribution in [1.82, 2.24) is 0 Å². The SMILES string of the molecule is C=C(C(=O)OCC(F)(F)C(F)(F)C(F)(F)C(F)F)C(CC(=O)OC(C)(C)C)C(=O)OC(C)(C)C. The van der Waals surface area contributed by atoms with Crippen molar-refractivity contribution < 1.29 is 63.7 Å². The summed E-state index contributed by atoms with van der Waals surface area (Å²) in [5.41, 5.74) is -3.23. The molecule has 0 fully saturated rings. The Bertz CT molecular complexity index is 781. The van der Waals surface area contributed by atoms with Crippen molar-refractivity contribution in [2.45, 2.75) is 83.4 Å². The topological polar surface area (TPSA) is 78.9 Å². The van der Waals surface area contributed by atoms with Crippen molar-refractivity contribution in [3.05, 3.63) is 12.2 Å². The molecule has 0 rings (SSSR count). The van der Waals surface area contributed by atoms with Crippen LogP contribution in [0.15, 0.2) is 12.2 Å². The van der Waals surface area contributed by atoms with Gasteiger partial charge in [0, 0.05) is 5.57 Å². The minimum atomic E-state index is -6.60. The zero-order valence-corrected chi connectivity index (χ0v) is 19.2. The van der Waals surface area contributed by atoms with Crippen molar-refractivity contribution in [3.8, 4) is 0 Å².